The molecule has 1 rings (SSSR count). The molecule has 2 N–H and O–H groups in total. The van der Waals surface area contributed by atoms with E-state index in [-0.39, 0.29) is 24.8 Å². The van der Waals surface area contributed by atoms with Crippen LogP contribution in [0.25, 0.3) is 0 Å². The molecule has 0 aliphatic carbocycles. The van der Waals surface area contributed by atoms with Crippen molar-refractivity contribution in [3.05, 3.63) is 35.4 Å². The highest BCUT2D eigenvalue weighted by molar-refractivity contribution is 7.90. The van der Waals surface area contributed by atoms with Gasteiger partial charge < -0.3 is 10.4 Å². The zero-order valence-electron chi connectivity index (χ0n) is 11.2. The number of aliphatic hydroxyl groups is 1. The van der Waals surface area contributed by atoms with E-state index in [1.54, 1.807) is 24.3 Å². The lowest BCUT2D eigenvalue weighted by atomic mass is 10.1. The fraction of sp³-hybridized carbons (Fsp3) is 0.357. The summed E-state index contributed by atoms with van der Waals surface area (Å²) >= 11 is 0. The Balaban J connectivity index is 2.64. The Labute approximate surface area is 118 Å². The summed E-state index contributed by atoms with van der Waals surface area (Å²) in [6, 6.07) is 6.79. The van der Waals surface area contributed by atoms with Gasteiger partial charge in [-0.25, -0.2) is 8.42 Å². The van der Waals surface area contributed by atoms with Crippen LogP contribution < -0.4 is 5.32 Å². The molecule has 1 amide bonds. The Morgan fingerprint density at radius 1 is 1.35 bits per heavy atom. The van der Waals surface area contributed by atoms with Crippen LogP contribution in [-0.2, 0) is 9.84 Å². The molecule has 0 radical (unpaired) electrons. The van der Waals surface area contributed by atoms with Crippen LogP contribution in [0.5, 0.6) is 0 Å². The first-order valence-electron chi connectivity index (χ1n) is 6.09. The van der Waals surface area contributed by atoms with E-state index in [0.717, 1.165) is 6.26 Å². The van der Waals surface area contributed by atoms with Gasteiger partial charge in [-0.15, -0.1) is 0 Å². The van der Waals surface area contributed by atoms with Crippen molar-refractivity contribution in [1.29, 1.82) is 0 Å². The molecule has 0 saturated carbocycles. The topological polar surface area (TPSA) is 83.5 Å². The summed E-state index contributed by atoms with van der Waals surface area (Å²) < 4.78 is 21.9. The van der Waals surface area contributed by atoms with Gasteiger partial charge >= 0.3 is 0 Å². The van der Waals surface area contributed by atoms with E-state index in [1.165, 1.54) is 0 Å². The maximum atomic E-state index is 12.0. The minimum absolute atomic E-state index is 0.0409. The first-order valence-corrected chi connectivity index (χ1v) is 8.15. The molecular weight excluding hydrogens is 278 g/mol. The van der Waals surface area contributed by atoms with Crippen LogP contribution in [0.15, 0.2) is 24.3 Å². The van der Waals surface area contributed by atoms with Crippen LogP contribution >= 0.6 is 0 Å². The summed E-state index contributed by atoms with van der Waals surface area (Å²) in [6.45, 7) is 0.0119. The molecule has 5 nitrogen and oxygen atoms in total. The Hall–Kier alpha value is -1.84. The molecule has 0 aliphatic rings. The van der Waals surface area contributed by atoms with Crippen molar-refractivity contribution in [3.63, 3.8) is 0 Å². The Bertz CT molecular complexity index is 626. The molecule has 0 atom stereocenters. The molecule has 0 spiro atoms. The Kier molecular flexibility index (Phi) is 6.22. The number of sulfone groups is 1. The van der Waals surface area contributed by atoms with Gasteiger partial charge in [-0.2, -0.15) is 0 Å². The summed E-state index contributed by atoms with van der Waals surface area (Å²) in [7, 11) is -3.01. The molecule has 1 aromatic carbocycles. The number of rotatable bonds is 5. The second kappa shape index (κ2) is 7.68. The van der Waals surface area contributed by atoms with Gasteiger partial charge in [-0.1, -0.05) is 24.0 Å². The number of carbonyl (C=O) groups is 1. The molecule has 6 heteroatoms. The molecule has 1 aromatic rings. The van der Waals surface area contributed by atoms with Gasteiger partial charge in [-0.05, 0) is 18.6 Å². The van der Waals surface area contributed by atoms with E-state index < -0.39 is 9.84 Å². The molecular formula is C14H17NO4S. The molecule has 108 valence electrons. The Morgan fingerprint density at radius 2 is 2.05 bits per heavy atom. The van der Waals surface area contributed by atoms with Crippen molar-refractivity contribution in [2.45, 2.75) is 6.42 Å². The average Bonchev–Trinajstić information content (AvgIpc) is 2.40. The minimum atomic E-state index is -3.01. The van der Waals surface area contributed by atoms with E-state index in [1.807, 2.05) is 0 Å². The summed E-state index contributed by atoms with van der Waals surface area (Å²) in [5.74, 6) is 4.93. The lowest BCUT2D eigenvalue weighted by molar-refractivity contribution is 0.0953. The Morgan fingerprint density at radius 3 is 2.70 bits per heavy atom. The third kappa shape index (κ3) is 5.87. The third-order valence-corrected chi connectivity index (χ3v) is 3.48. The number of hydrogen-bond donors (Lipinski definition) is 2. The zero-order chi connectivity index (χ0) is 15.0. The van der Waals surface area contributed by atoms with Gasteiger partial charge in [0.25, 0.3) is 5.91 Å². The number of carbonyl (C=O) groups excluding carboxylic acids is 1. The average molecular weight is 295 g/mol. The first kappa shape index (κ1) is 16.2. The van der Waals surface area contributed by atoms with Crippen LogP contribution in [0, 0.1) is 11.8 Å². The monoisotopic (exact) mass is 295 g/mol. The number of amides is 1. The second-order valence-electron chi connectivity index (χ2n) is 4.24. The van der Waals surface area contributed by atoms with E-state index in [0.29, 0.717) is 17.5 Å². The largest absolute Gasteiger partial charge is 0.384 e. The fourth-order valence-corrected chi connectivity index (χ4v) is 2.23. The van der Waals surface area contributed by atoms with Crippen molar-refractivity contribution >= 4 is 15.7 Å². The lowest BCUT2D eigenvalue weighted by Gasteiger charge is -2.06. The summed E-state index contributed by atoms with van der Waals surface area (Å²) in [5.41, 5.74) is 0.940. The quantitative estimate of drug-likeness (QED) is 0.600. The van der Waals surface area contributed by atoms with E-state index in [2.05, 4.69) is 17.2 Å². The highest BCUT2D eigenvalue weighted by Crippen LogP contribution is 2.07. The molecule has 0 saturated heterocycles. The molecule has 20 heavy (non-hydrogen) atoms. The summed E-state index contributed by atoms with van der Waals surface area (Å²) in [5, 5.41) is 11.3. The molecule has 0 unspecified atom stereocenters. The van der Waals surface area contributed by atoms with Crippen LogP contribution in [0.1, 0.15) is 22.3 Å². The highest BCUT2D eigenvalue weighted by Gasteiger charge is 2.09. The van der Waals surface area contributed by atoms with Gasteiger partial charge in [0.05, 0.1) is 11.3 Å². The van der Waals surface area contributed by atoms with Gasteiger partial charge in [0.15, 0.2) is 0 Å². The van der Waals surface area contributed by atoms with Crippen LogP contribution in [0.3, 0.4) is 0 Å². The zero-order valence-corrected chi connectivity index (χ0v) is 12.0. The standard InChI is InChI=1S/C14H17NO4S/c1-20(18,19)11-5-9-15-14(17)13-8-3-2-6-12(13)7-4-10-16/h2-3,6,8,16H,5,9-11H2,1H3,(H,15,17). The molecule has 0 heterocycles. The molecule has 0 aromatic heterocycles. The SMILES string of the molecule is CS(=O)(=O)CCCNC(=O)c1ccccc1C#CCO. The van der Waals surface area contributed by atoms with Gasteiger partial charge in [0.2, 0.25) is 0 Å². The number of aliphatic hydroxyl groups excluding tert-OH is 1. The maximum Gasteiger partial charge on any atom is 0.252 e. The van der Waals surface area contributed by atoms with E-state index in [4.69, 9.17) is 5.11 Å². The van der Waals surface area contributed by atoms with Crippen LogP contribution in [-0.4, -0.2) is 44.6 Å². The fourth-order valence-electron chi connectivity index (χ4n) is 1.56. The van der Waals surface area contributed by atoms with Crippen molar-refractivity contribution in [2.24, 2.45) is 0 Å². The van der Waals surface area contributed by atoms with Crippen LogP contribution in [0.4, 0.5) is 0 Å². The smallest absolute Gasteiger partial charge is 0.252 e. The normalized spacial score (nSPS) is 10.5. The summed E-state index contributed by atoms with van der Waals surface area (Å²) in [6.07, 6.45) is 1.53. The predicted molar refractivity (Wildman–Crippen MR) is 77.1 cm³/mol. The van der Waals surface area contributed by atoms with Gasteiger partial charge in [0.1, 0.15) is 16.4 Å². The molecule has 0 bridgehead atoms. The van der Waals surface area contributed by atoms with Crippen molar-refractivity contribution in [2.75, 3.05) is 25.2 Å². The predicted octanol–water partition coefficient (Wildman–Crippen LogP) is 0.195. The first-order chi connectivity index (χ1) is 9.44. The third-order valence-electron chi connectivity index (χ3n) is 2.45. The minimum Gasteiger partial charge on any atom is -0.384 e. The van der Waals surface area contributed by atoms with E-state index >= 15 is 0 Å². The van der Waals surface area contributed by atoms with Gasteiger partial charge in [-0.3, -0.25) is 4.79 Å². The highest BCUT2D eigenvalue weighted by atomic mass is 32.2. The van der Waals surface area contributed by atoms with Crippen molar-refractivity contribution in [3.8, 4) is 11.8 Å². The van der Waals surface area contributed by atoms with Gasteiger partial charge in [0, 0.05) is 18.4 Å². The van der Waals surface area contributed by atoms with Crippen molar-refractivity contribution in [1.82, 2.24) is 5.32 Å². The number of hydrogen-bond acceptors (Lipinski definition) is 4. The molecule has 0 aliphatic heterocycles. The maximum absolute atomic E-state index is 12.0. The number of nitrogens with one attached hydrogen (secondary N) is 1. The van der Waals surface area contributed by atoms with E-state index in [9.17, 15) is 13.2 Å². The lowest BCUT2D eigenvalue weighted by Crippen LogP contribution is -2.26. The molecule has 0 fully saturated rings. The van der Waals surface area contributed by atoms with Crippen LogP contribution in [0.2, 0.25) is 0 Å². The second-order valence-corrected chi connectivity index (χ2v) is 6.50. The van der Waals surface area contributed by atoms with Crippen molar-refractivity contribution < 1.29 is 18.3 Å². The summed E-state index contributed by atoms with van der Waals surface area (Å²) in [4.78, 5) is 12.0. The number of benzene rings is 1.